The smallest absolute Gasteiger partial charge is 0.390 e. The Labute approximate surface area is 136 Å². The van der Waals surface area contributed by atoms with Gasteiger partial charge in [-0.1, -0.05) is 0 Å². The summed E-state index contributed by atoms with van der Waals surface area (Å²) in [5.74, 6) is -0.308. The molecule has 0 fully saturated rings. The lowest BCUT2D eigenvalue weighted by Crippen LogP contribution is -2.34. The highest BCUT2D eigenvalue weighted by atomic mass is 32.2. The van der Waals surface area contributed by atoms with Gasteiger partial charge in [-0.05, 0) is 48.5 Å². The van der Waals surface area contributed by atoms with Crippen molar-refractivity contribution in [1.82, 2.24) is 0 Å². The molecule has 0 aliphatic rings. The summed E-state index contributed by atoms with van der Waals surface area (Å²) >= 11 is 0. The van der Waals surface area contributed by atoms with Crippen molar-refractivity contribution in [3.05, 3.63) is 48.5 Å². The third kappa shape index (κ3) is 4.31. The van der Waals surface area contributed by atoms with Gasteiger partial charge in [0.05, 0.1) is 17.0 Å². The molecular formula is C15H14F3NO4S. The second-order valence-electron chi connectivity index (χ2n) is 4.95. The molecule has 24 heavy (non-hydrogen) atoms. The monoisotopic (exact) mass is 361 g/mol. The first-order valence-corrected chi connectivity index (χ1v) is 8.21. The Balaban J connectivity index is 2.43. The average Bonchev–Trinajstić information content (AvgIpc) is 2.48. The molecule has 0 radical (unpaired) electrons. The van der Waals surface area contributed by atoms with E-state index in [1.54, 1.807) is 0 Å². The van der Waals surface area contributed by atoms with Crippen LogP contribution in [-0.2, 0) is 10.0 Å². The van der Waals surface area contributed by atoms with E-state index in [0.717, 1.165) is 24.3 Å². The van der Waals surface area contributed by atoms with Crippen LogP contribution in [0.1, 0.15) is 6.42 Å². The number of phenolic OH excluding ortho intramolecular Hbond substituents is 2. The third-order valence-corrected chi connectivity index (χ3v) is 5.00. The van der Waals surface area contributed by atoms with Gasteiger partial charge in [-0.15, -0.1) is 0 Å². The quantitative estimate of drug-likeness (QED) is 0.857. The van der Waals surface area contributed by atoms with E-state index in [1.165, 1.54) is 24.3 Å². The Morgan fingerprint density at radius 1 is 0.875 bits per heavy atom. The number of rotatable bonds is 5. The van der Waals surface area contributed by atoms with Gasteiger partial charge in [0.1, 0.15) is 11.5 Å². The lowest BCUT2D eigenvalue weighted by Gasteiger charge is -2.25. The van der Waals surface area contributed by atoms with Crippen LogP contribution in [-0.4, -0.2) is 31.4 Å². The van der Waals surface area contributed by atoms with E-state index in [-0.39, 0.29) is 22.1 Å². The number of sulfonamides is 1. The van der Waals surface area contributed by atoms with Gasteiger partial charge >= 0.3 is 6.18 Å². The predicted octanol–water partition coefficient (Wildman–Crippen LogP) is 3.25. The molecule has 2 aromatic carbocycles. The van der Waals surface area contributed by atoms with Crippen LogP contribution in [0.3, 0.4) is 0 Å². The molecule has 0 aliphatic heterocycles. The van der Waals surface area contributed by atoms with Crippen LogP contribution < -0.4 is 4.31 Å². The van der Waals surface area contributed by atoms with E-state index in [9.17, 15) is 31.8 Å². The lowest BCUT2D eigenvalue weighted by molar-refractivity contribution is -0.131. The number of benzene rings is 2. The van der Waals surface area contributed by atoms with Crippen molar-refractivity contribution in [1.29, 1.82) is 0 Å². The van der Waals surface area contributed by atoms with Crippen LogP contribution in [0.25, 0.3) is 0 Å². The van der Waals surface area contributed by atoms with Crippen molar-refractivity contribution < 1.29 is 31.8 Å². The molecule has 9 heteroatoms. The van der Waals surface area contributed by atoms with Crippen molar-refractivity contribution in [2.75, 3.05) is 10.8 Å². The van der Waals surface area contributed by atoms with E-state index in [4.69, 9.17) is 0 Å². The maximum absolute atomic E-state index is 12.7. The highest BCUT2D eigenvalue weighted by Crippen LogP contribution is 2.29. The van der Waals surface area contributed by atoms with E-state index in [0.29, 0.717) is 4.31 Å². The number of phenols is 2. The predicted molar refractivity (Wildman–Crippen MR) is 81.4 cm³/mol. The van der Waals surface area contributed by atoms with Gasteiger partial charge in [-0.2, -0.15) is 13.2 Å². The SMILES string of the molecule is O=S(=O)(c1ccc(O)cc1)N(CCC(F)(F)F)c1ccc(O)cc1. The molecule has 130 valence electrons. The van der Waals surface area contributed by atoms with Gasteiger partial charge in [-0.3, -0.25) is 4.31 Å². The maximum atomic E-state index is 12.7. The molecule has 0 atom stereocenters. The standard InChI is InChI=1S/C15H14F3NO4S/c16-15(17,18)9-10-19(11-1-3-12(20)4-2-11)24(22,23)14-7-5-13(21)6-8-14/h1-8,20-21H,9-10H2. The molecule has 0 spiro atoms. The van der Waals surface area contributed by atoms with Crippen LogP contribution >= 0.6 is 0 Å². The van der Waals surface area contributed by atoms with Crippen molar-refractivity contribution in [2.45, 2.75) is 17.5 Å². The number of alkyl halides is 3. The fraction of sp³-hybridized carbons (Fsp3) is 0.200. The van der Waals surface area contributed by atoms with E-state index >= 15 is 0 Å². The minimum atomic E-state index is -4.53. The van der Waals surface area contributed by atoms with Crippen molar-refractivity contribution in [3.8, 4) is 11.5 Å². The number of hydrogen-bond donors (Lipinski definition) is 2. The summed E-state index contributed by atoms with van der Waals surface area (Å²) in [6.45, 7) is -0.808. The zero-order chi connectivity index (χ0) is 18.0. The number of nitrogens with zero attached hydrogens (tertiary/aromatic N) is 1. The average molecular weight is 361 g/mol. The van der Waals surface area contributed by atoms with E-state index < -0.39 is 29.2 Å². The van der Waals surface area contributed by atoms with Gasteiger partial charge < -0.3 is 10.2 Å². The number of anilines is 1. The topological polar surface area (TPSA) is 77.8 Å². The first-order valence-electron chi connectivity index (χ1n) is 6.77. The second kappa shape index (κ2) is 6.60. The number of aromatic hydroxyl groups is 2. The molecular weight excluding hydrogens is 347 g/mol. The van der Waals surface area contributed by atoms with Crippen molar-refractivity contribution in [3.63, 3.8) is 0 Å². The van der Waals surface area contributed by atoms with Gasteiger partial charge in [0.2, 0.25) is 0 Å². The van der Waals surface area contributed by atoms with Crippen LogP contribution in [0.15, 0.2) is 53.4 Å². The molecule has 5 nitrogen and oxygen atoms in total. The summed E-state index contributed by atoms with van der Waals surface area (Å²) in [7, 11) is -4.27. The van der Waals surface area contributed by atoms with Crippen LogP contribution in [0.4, 0.5) is 18.9 Å². The zero-order valence-corrected chi connectivity index (χ0v) is 13.0. The highest BCUT2D eigenvalue weighted by Gasteiger charge is 2.32. The van der Waals surface area contributed by atoms with Crippen LogP contribution in [0.2, 0.25) is 0 Å². The Morgan fingerprint density at radius 2 is 1.33 bits per heavy atom. The fourth-order valence-electron chi connectivity index (χ4n) is 1.98. The summed E-state index contributed by atoms with van der Waals surface area (Å²) in [5, 5.41) is 18.5. The minimum absolute atomic E-state index is 0.00914. The Bertz CT molecular complexity index is 787. The zero-order valence-electron chi connectivity index (χ0n) is 12.2. The molecule has 0 aromatic heterocycles. The van der Waals surface area contributed by atoms with E-state index in [2.05, 4.69) is 0 Å². The molecule has 2 aromatic rings. The number of halogens is 3. The third-order valence-electron chi connectivity index (χ3n) is 3.16. The maximum Gasteiger partial charge on any atom is 0.390 e. The lowest BCUT2D eigenvalue weighted by atomic mass is 10.3. The number of hydrogen-bond acceptors (Lipinski definition) is 4. The molecule has 0 amide bonds. The Hall–Kier alpha value is -2.42. The van der Waals surface area contributed by atoms with Crippen molar-refractivity contribution in [2.24, 2.45) is 0 Å². The summed E-state index contributed by atoms with van der Waals surface area (Å²) in [4.78, 5) is -0.254. The first kappa shape index (κ1) is 17.9. The molecule has 0 saturated heterocycles. The highest BCUT2D eigenvalue weighted by molar-refractivity contribution is 7.92. The Kier molecular flexibility index (Phi) is 4.93. The van der Waals surface area contributed by atoms with Gasteiger partial charge in [0.15, 0.2) is 0 Å². The normalized spacial score (nSPS) is 12.1. The largest absolute Gasteiger partial charge is 0.508 e. The van der Waals surface area contributed by atoms with Gasteiger partial charge in [0, 0.05) is 6.54 Å². The molecule has 0 bridgehead atoms. The fourth-order valence-corrected chi connectivity index (χ4v) is 3.45. The minimum Gasteiger partial charge on any atom is -0.508 e. The molecule has 0 aliphatic carbocycles. The summed E-state index contributed by atoms with van der Waals surface area (Å²) in [6.07, 6.45) is -5.86. The molecule has 2 rings (SSSR count). The summed E-state index contributed by atoms with van der Waals surface area (Å²) in [6, 6.07) is 9.26. The van der Waals surface area contributed by atoms with Crippen LogP contribution in [0, 0.1) is 0 Å². The van der Waals surface area contributed by atoms with Crippen molar-refractivity contribution >= 4 is 15.7 Å². The molecule has 0 unspecified atom stereocenters. The van der Waals surface area contributed by atoms with E-state index in [1.807, 2.05) is 0 Å². The second-order valence-corrected chi connectivity index (χ2v) is 6.81. The first-order chi connectivity index (χ1) is 11.1. The van der Waals surface area contributed by atoms with Gasteiger partial charge in [-0.25, -0.2) is 8.42 Å². The molecule has 0 saturated carbocycles. The summed E-state index contributed by atoms with van der Waals surface area (Å²) < 4.78 is 63.6. The van der Waals surface area contributed by atoms with Crippen LogP contribution in [0.5, 0.6) is 11.5 Å². The summed E-state index contributed by atoms with van der Waals surface area (Å²) in [5.41, 5.74) is -0.00914. The molecule has 2 N–H and O–H groups in total. The molecule has 0 heterocycles. The Morgan fingerprint density at radius 3 is 1.79 bits per heavy atom. The van der Waals surface area contributed by atoms with Gasteiger partial charge in [0.25, 0.3) is 10.0 Å².